The molecule has 0 atom stereocenters. The molecule has 2 rings (SSSR count). The summed E-state index contributed by atoms with van der Waals surface area (Å²) in [6.07, 6.45) is 1.25. The van der Waals surface area contributed by atoms with Gasteiger partial charge in [0.25, 0.3) is 0 Å². The van der Waals surface area contributed by atoms with Crippen molar-refractivity contribution in [3.8, 4) is 0 Å². The van der Waals surface area contributed by atoms with Gasteiger partial charge in [-0.2, -0.15) is 0 Å². The van der Waals surface area contributed by atoms with Gasteiger partial charge in [-0.05, 0) is 12.1 Å². The number of hydrogen-bond donors (Lipinski definition) is 1. The first-order chi connectivity index (χ1) is 6.07. The highest BCUT2D eigenvalue weighted by Gasteiger charge is 2.09. The standard InChI is InChI=1S/C7H6N2O3S/c8-13(10,11)5-1-2-6-7(3-5)12-4-9-6/h1-4H,(H2,8,10,11). The summed E-state index contributed by atoms with van der Waals surface area (Å²) in [4.78, 5) is 3.86. The lowest BCUT2D eigenvalue weighted by Crippen LogP contribution is -2.11. The first kappa shape index (κ1) is 8.21. The van der Waals surface area contributed by atoms with Gasteiger partial charge in [0.15, 0.2) is 12.0 Å². The Morgan fingerprint density at radius 2 is 2.15 bits per heavy atom. The van der Waals surface area contributed by atoms with Crippen LogP contribution in [0.4, 0.5) is 0 Å². The van der Waals surface area contributed by atoms with Gasteiger partial charge in [0.1, 0.15) is 5.52 Å². The first-order valence-corrected chi connectivity index (χ1v) is 4.98. The molecule has 0 spiro atoms. The molecule has 0 saturated carbocycles. The molecule has 0 aliphatic heterocycles. The summed E-state index contributed by atoms with van der Waals surface area (Å²) in [7, 11) is -3.66. The molecule has 68 valence electrons. The van der Waals surface area contributed by atoms with Crippen molar-refractivity contribution in [1.29, 1.82) is 0 Å². The third-order valence-corrected chi connectivity index (χ3v) is 2.54. The molecule has 0 unspecified atom stereocenters. The van der Waals surface area contributed by atoms with E-state index < -0.39 is 10.0 Å². The van der Waals surface area contributed by atoms with Crippen LogP contribution in [0.2, 0.25) is 0 Å². The minimum absolute atomic E-state index is 0.0248. The Morgan fingerprint density at radius 3 is 2.85 bits per heavy atom. The molecule has 5 nitrogen and oxygen atoms in total. The molecule has 0 fully saturated rings. The van der Waals surface area contributed by atoms with Crippen molar-refractivity contribution in [3.05, 3.63) is 24.6 Å². The average molecular weight is 198 g/mol. The van der Waals surface area contributed by atoms with Crippen LogP contribution in [0.1, 0.15) is 0 Å². The number of fused-ring (bicyclic) bond motifs is 1. The molecular formula is C7H6N2O3S. The first-order valence-electron chi connectivity index (χ1n) is 3.43. The summed E-state index contributed by atoms with van der Waals surface area (Å²) in [5.41, 5.74) is 1.01. The van der Waals surface area contributed by atoms with E-state index in [1.54, 1.807) is 6.07 Å². The second kappa shape index (κ2) is 2.54. The smallest absolute Gasteiger partial charge is 0.238 e. The zero-order chi connectivity index (χ0) is 9.47. The summed E-state index contributed by atoms with van der Waals surface area (Å²) >= 11 is 0. The highest BCUT2D eigenvalue weighted by molar-refractivity contribution is 7.89. The molecule has 1 aromatic carbocycles. The number of sulfonamides is 1. The second-order valence-electron chi connectivity index (χ2n) is 2.53. The zero-order valence-corrected chi connectivity index (χ0v) is 7.28. The maximum Gasteiger partial charge on any atom is 0.238 e. The Balaban J connectivity index is 2.75. The van der Waals surface area contributed by atoms with E-state index in [0.717, 1.165) is 0 Å². The zero-order valence-electron chi connectivity index (χ0n) is 6.47. The molecule has 0 bridgehead atoms. The fourth-order valence-electron chi connectivity index (χ4n) is 1.01. The van der Waals surface area contributed by atoms with Crippen molar-refractivity contribution < 1.29 is 12.8 Å². The van der Waals surface area contributed by atoms with Crippen LogP contribution in [0.3, 0.4) is 0 Å². The molecule has 1 aromatic heterocycles. The predicted octanol–water partition coefficient (Wildman–Crippen LogP) is 0.475. The van der Waals surface area contributed by atoms with Crippen molar-refractivity contribution in [2.24, 2.45) is 5.14 Å². The van der Waals surface area contributed by atoms with Crippen LogP contribution in [-0.2, 0) is 10.0 Å². The van der Waals surface area contributed by atoms with E-state index in [-0.39, 0.29) is 4.90 Å². The van der Waals surface area contributed by atoms with E-state index >= 15 is 0 Å². The molecule has 0 saturated heterocycles. The molecule has 13 heavy (non-hydrogen) atoms. The summed E-state index contributed by atoms with van der Waals surface area (Å²) < 4.78 is 26.8. The number of oxazole rings is 1. The SMILES string of the molecule is NS(=O)(=O)c1ccc2ncoc2c1. The number of hydrogen-bond acceptors (Lipinski definition) is 4. The van der Waals surface area contributed by atoms with Crippen molar-refractivity contribution in [3.63, 3.8) is 0 Å². The van der Waals surface area contributed by atoms with E-state index in [1.165, 1.54) is 18.5 Å². The Morgan fingerprint density at radius 1 is 1.38 bits per heavy atom. The van der Waals surface area contributed by atoms with Gasteiger partial charge in [-0.25, -0.2) is 18.5 Å². The van der Waals surface area contributed by atoms with Crippen LogP contribution in [0.5, 0.6) is 0 Å². The third-order valence-electron chi connectivity index (χ3n) is 1.63. The molecule has 0 aliphatic rings. The van der Waals surface area contributed by atoms with Gasteiger partial charge in [-0.3, -0.25) is 0 Å². The number of aromatic nitrogens is 1. The Bertz CT molecular complexity index is 544. The Kier molecular flexibility index (Phi) is 1.61. The van der Waals surface area contributed by atoms with Gasteiger partial charge in [-0.15, -0.1) is 0 Å². The molecule has 2 N–H and O–H groups in total. The van der Waals surface area contributed by atoms with Crippen molar-refractivity contribution in [2.75, 3.05) is 0 Å². The Labute approximate surface area is 74.2 Å². The van der Waals surface area contributed by atoms with Crippen LogP contribution in [0, 0.1) is 0 Å². The second-order valence-corrected chi connectivity index (χ2v) is 4.09. The van der Waals surface area contributed by atoms with E-state index in [0.29, 0.717) is 11.1 Å². The van der Waals surface area contributed by atoms with Gasteiger partial charge in [0.2, 0.25) is 10.0 Å². The van der Waals surface area contributed by atoms with Gasteiger partial charge in [0.05, 0.1) is 4.90 Å². The topological polar surface area (TPSA) is 86.2 Å². The van der Waals surface area contributed by atoms with Gasteiger partial charge in [-0.1, -0.05) is 0 Å². The minimum atomic E-state index is -3.66. The molecule has 0 aliphatic carbocycles. The fourth-order valence-corrected chi connectivity index (χ4v) is 1.54. The Hall–Kier alpha value is -1.40. The van der Waals surface area contributed by atoms with E-state index in [2.05, 4.69) is 4.98 Å². The van der Waals surface area contributed by atoms with E-state index in [1.807, 2.05) is 0 Å². The quantitative estimate of drug-likeness (QED) is 0.721. The monoisotopic (exact) mass is 198 g/mol. The van der Waals surface area contributed by atoms with Gasteiger partial charge >= 0.3 is 0 Å². The maximum atomic E-state index is 10.9. The molecule has 1 heterocycles. The fraction of sp³-hybridized carbons (Fsp3) is 0. The van der Waals surface area contributed by atoms with Gasteiger partial charge < -0.3 is 4.42 Å². The number of nitrogens with zero attached hydrogens (tertiary/aromatic N) is 1. The van der Waals surface area contributed by atoms with Crippen molar-refractivity contribution in [2.45, 2.75) is 4.90 Å². The third kappa shape index (κ3) is 1.41. The van der Waals surface area contributed by atoms with E-state index in [9.17, 15) is 8.42 Å². The lowest BCUT2D eigenvalue weighted by atomic mass is 10.3. The van der Waals surface area contributed by atoms with Gasteiger partial charge in [0, 0.05) is 6.07 Å². The largest absolute Gasteiger partial charge is 0.443 e. The molecule has 2 aromatic rings. The normalized spacial score (nSPS) is 12.1. The van der Waals surface area contributed by atoms with Crippen LogP contribution in [-0.4, -0.2) is 13.4 Å². The lowest BCUT2D eigenvalue weighted by molar-refractivity contribution is 0.592. The highest BCUT2D eigenvalue weighted by atomic mass is 32.2. The molecule has 6 heteroatoms. The van der Waals surface area contributed by atoms with Crippen molar-refractivity contribution in [1.82, 2.24) is 4.98 Å². The average Bonchev–Trinajstić information content (AvgIpc) is 2.47. The lowest BCUT2D eigenvalue weighted by Gasteiger charge is -1.95. The van der Waals surface area contributed by atoms with Crippen LogP contribution < -0.4 is 5.14 Å². The predicted molar refractivity (Wildman–Crippen MR) is 45.4 cm³/mol. The van der Waals surface area contributed by atoms with Crippen LogP contribution >= 0.6 is 0 Å². The number of rotatable bonds is 1. The summed E-state index contributed by atoms with van der Waals surface area (Å²) in [5, 5.41) is 4.93. The molecule has 0 amide bonds. The minimum Gasteiger partial charge on any atom is -0.443 e. The summed E-state index contributed by atoms with van der Waals surface area (Å²) in [6, 6.07) is 4.27. The van der Waals surface area contributed by atoms with Crippen LogP contribution in [0.25, 0.3) is 11.1 Å². The van der Waals surface area contributed by atoms with E-state index in [4.69, 9.17) is 9.56 Å². The highest BCUT2D eigenvalue weighted by Crippen LogP contribution is 2.16. The van der Waals surface area contributed by atoms with Crippen LogP contribution in [0.15, 0.2) is 33.9 Å². The number of primary sulfonamides is 1. The maximum absolute atomic E-state index is 10.9. The summed E-state index contributed by atoms with van der Waals surface area (Å²) in [6.45, 7) is 0. The number of nitrogens with two attached hydrogens (primary N) is 1. The number of benzene rings is 1. The summed E-state index contributed by atoms with van der Waals surface area (Å²) in [5.74, 6) is 0. The molecular weight excluding hydrogens is 192 g/mol. The molecule has 0 radical (unpaired) electrons. The van der Waals surface area contributed by atoms with Crippen molar-refractivity contribution >= 4 is 21.1 Å².